The molecule has 0 aromatic rings. The molecular weight excluding hydrogens is 170 g/mol. The third-order valence-electron chi connectivity index (χ3n) is 2.57. The van der Waals surface area contributed by atoms with Gasteiger partial charge in [-0.3, -0.25) is 0 Å². The molecule has 0 fully saturated rings. The minimum atomic E-state index is 0.489. The Morgan fingerprint density at radius 3 is 2.14 bits per heavy atom. The predicted octanol–water partition coefficient (Wildman–Crippen LogP) is 3.79. The maximum absolute atomic E-state index is 2.44. The molecule has 0 amide bonds. The summed E-state index contributed by atoms with van der Waals surface area (Å²) in [4.78, 5) is 2.44. The number of nitrogens with zero attached hydrogens (tertiary/aromatic N) is 1. The summed E-state index contributed by atoms with van der Waals surface area (Å²) >= 11 is 0. The van der Waals surface area contributed by atoms with Crippen molar-refractivity contribution in [1.82, 2.24) is 4.90 Å². The highest BCUT2D eigenvalue weighted by molar-refractivity contribution is 4.67. The van der Waals surface area contributed by atoms with Gasteiger partial charge >= 0.3 is 0 Å². The Kier molecular flexibility index (Phi) is 6.43. The van der Waals surface area contributed by atoms with Crippen LogP contribution < -0.4 is 0 Å². The Bertz CT molecular complexity index is 135. The molecule has 1 heteroatoms. The van der Waals surface area contributed by atoms with Crippen LogP contribution in [0.5, 0.6) is 0 Å². The molecule has 1 unspecified atom stereocenters. The predicted molar refractivity (Wildman–Crippen MR) is 65.6 cm³/mol. The zero-order valence-corrected chi connectivity index (χ0v) is 11.1. The highest BCUT2D eigenvalue weighted by Gasteiger charge is 2.15. The standard InChI is InChI=1S/C13H29N/c1-7-9-14(6)10-8-12(2)11-13(3,4)5/h12H,7-11H2,1-6H3. The Hall–Kier alpha value is -0.0400. The van der Waals surface area contributed by atoms with E-state index in [1.54, 1.807) is 0 Å². The normalized spacial score (nSPS) is 14.8. The lowest BCUT2D eigenvalue weighted by molar-refractivity contribution is 0.255. The smallest absolute Gasteiger partial charge is 0.00192 e. The van der Waals surface area contributed by atoms with E-state index in [-0.39, 0.29) is 0 Å². The molecule has 0 heterocycles. The van der Waals surface area contributed by atoms with Crippen LogP contribution in [-0.4, -0.2) is 25.0 Å². The Labute approximate surface area is 90.9 Å². The Morgan fingerprint density at radius 2 is 1.71 bits per heavy atom. The van der Waals surface area contributed by atoms with Crippen LogP contribution in [-0.2, 0) is 0 Å². The third kappa shape index (κ3) is 8.55. The van der Waals surface area contributed by atoms with Crippen LogP contribution in [0.15, 0.2) is 0 Å². The SMILES string of the molecule is CCCN(C)CCC(C)CC(C)(C)C. The summed E-state index contributed by atoms with van der Waals surface area (Å²) in [6, 6.07) is 0. The molecule has 0 N–H and O–H groups in total. The summed E-state index contributed by atoms with van der Waals surface area (Å²) < 4.78 is 0. The molecule has 86 valence electrons. The number of hydrogen-bond acceptors (Lipinski definition) is 1. The van der Waals surface area contributed by atoms with Gasteiger partial charge in [0, 0.05) is 0 Å². The van der Waals surface area contributed by atoms with Gasteiger partial charge in [-0.1, -0.05) is 34.6 Å². The fourth-order valence-corrected chi connectivity index (χ4v) is 2.08. The molecular formula is C13H29N. The van der Waals surface area contributed by atoms with Gasteiger partial charge in [-0.05, 0) is 50.7 Å². The van der Waals surface area contributed by atoms with Crippen molar-refractivity contribution in [3.8, 4) is 0 Å². The zero-order chi connectivity index (χ0) is 11.2. The molecule has 0 radical (unpaired) electrons. The van der Waals surface area contributed by atoms with Gasteiger partial charge in [0.15, 0.2) is 0 Å². The van der Waals surface area contributed by atoms with Crippen LogP contribution in [0.4, 0.5) is 0 Å². The lowest BCUT2D eigenvalue weighted by Crippen LogP contribution is -2.23. The van der Waals surface area contributed by atoms with Gasteiger partial charge in [-0.2, -0.15) is 0 Å². The van der Waals surface area contributed by atoms with Crippen molar-refractivity contribution in [1.29, 1.82) is 0 Å². The Balaban J connectivity index is 3.58. The molecule has 0 aliphatic heterocycles. The summed E-state index contributed by atoms with van der Waals surface area (Å²) in [5.74, 6) is 0.856. The van der Waals surface area contributed by atoms with E-state index in [0.29, 0.717) is 5.41 Å². The molecule has 0 bridgehead atoms. The lowest BCUT2D eigenvalue weighted by atomic mass is 9.84. The van der Waals surface area contributed by atoms with Gasteiger partial charge < -0.3 is 4.90 Å². The first-order valence-electron chi connectivity index (χ1n) is 6.03. The van der Waals surface area contributed by atoms with Crippen molar-refractivity contribution >= 4 is 0 Å². The van der Waals surface area contributed by atoms with E-state index in [1.165, 1.54) is 32.4 Å². The zero-order valence-electron chi connectivity index (χ0n) is 11.1. The fraction of sp³-hybridized carbons (Fsp3) is 1.00. The average molecular weight is 199 g/mol. The number of hydrogen-bond donors (Lipinski definition) is 0. The van der Waals surface area contributed by atoms with Crippen LogP contribution in [0.1, 0.15) is 53.9 Å². The van der Waals surface area contributed by atoms with Crippen LogP contribution >= 0.6 is 0 Å². The van der Waals surface area contributed by atoms with Crippen molar-refractivity contribution in [3.05, 3.63) is 0 Å². The second kappa shape index (κ2) is 6.44. The van der Waals surface area contributed by atoms with Gasteiger partial charge in [0.25, 0.3) is 0 Å². The van der Waals surface area contributed by atoms with Crippen molar-refractivity contribution < 1.29 is 0 Å². The molecule has 0 saturated heterocycles. The van der Waals surface area contributed by atoms with E-state index < -0.39 is 0 Å². The summed E-state index contributed by atoms with van der Waals surface area (Å²) in [7, 11) is 2.23. The van der Waals surface area contributed by atoms with E-state index in [9.17, 15) is 0 Å². The first-order valence-corrected chi connectivity index (χ1v) is 6.03. The second-order valence-corrected chi connectivity index (χ2v) is 5.96. The maximum Gasteiger partial charge on any atom is -0.00192 e. The van der Waals surface area contributed by atoms with E-state index in [2.05, 4.69) is 46.6 Å². The monoisotopic (exact) mass is 199 g/mol. The maximum atomic E-state index is 2.44. The number of rotatable bonds is 6. The molecule has 1 atom stereocenters. The van der Waals surface area contributed by atoms with Gasteiger partial charge in [0.05, 0.1) is 0 Å². The second-order valence-electron chi connectivity index (χ2n) is 5.96. The summed E-state index contributed by atoms with van der Waals surface area (Å²) in [6.45, 7) is 14.1. The van der Waals surface area contributed by atoms with Gasteiger partial charge in [-0.25, -0.2) is 0 Å². The van der Waals surface area contributed by atoms with E-state index >= 15 is 0 Å². The van der Waals surface area contributed by atoms with Crippen molar-refractivity contribution in [2.24, 2.45) is 11.3 Å². The highest BCUT2D eigenvalue weighted by Crippen LogP contribution is 2.25. The Morgan fingerprint density at radius 1 is 1.14 bits per heavy atom. The van der Waals surface area contributed by atoms with Crippen LogP contribution in [0.2, 0.25) is 0 Å². The van der Waals surface area contributed by atoms with Gasteiger partial charge in [0.1, 0.15) is 0 Å². The summed E-state index contributed by atoms with van der Waals surface area (Å²) in [5, 5.41) is 0. The van der Waals surface area contributed by atoms with Crippen LogP contribution in [0, 0.1) is 11.3 Å². The third-order valence-corrected chi connectivity index (χ3v) is 2.57. The topological polar surface area (TPSA) is 3.24 Å². The van der Waals surface area contributed by atoms with Crippen molar-refractivity contribution in [2.75, 3.05) is 20.1 Å². The fourth-order valence-electron chi connectivity index (χ4n) is 2.08. The van der Waals surface area contributed by atoms with Crippen LogP contribution in [0.3, 0.4) is 0 Å². The van der Waals surface area contributed by atoms with Gasteiger partial charge in [0.2, 0.25) is 0 Å². The molecule has 0 aliphatic carbocycles. The minimum absolute atomic E-state index is 0.489. The molecule has 0 aliphatic rings. The molecule has 0 rings (SSSR count). The summed E-state index contributed by atoms with van der Waals surface area (Å²) in [6.07, 6.45) is 3.95. The first-order chi connectivity index (χ1) is 6.35. The van der Waals surface area contributed by atoms with Crippen molar-refractivity contribution in [2.45, 2.75) is 53.9 Å². The van der Waals surface area contributed by atoms with Crippen LogP contribution in [0.25, 0.3) is 0 Å². The first kappa shape index (κ1) is 14.0. The van der Waals surface area contributed by atoms with Gasteiger partial charge in [-0.15, -0.1) is 0 Å². The molecule has 0 aromatic heterocycles. The molecule has 0 spiro atoms. The van der Waals surface area contributed by atoms with E-state index in [1.807, 2.05) is 0 Å². The van der Waals surface area contributed by atoms with Crippen molar-refractivity contribution in [3.63, 3.8) is 0 Å². The minimum Gasteiger partial charge on any atom is -0.306 e. The van der Waals surface area contributed by atoms with E-state index in [4.69, 9.17) is 0 Å². The largest absolute Gasteiger partial charge is 0.306 e. The average Bonchev–Trinajstić information content (AvgIpc) is 1.98. The molecule has 0 saturated carbocycles. The quantitative estimate of drug-likeness (QED) is 0.629. The molecule has 0 aromatic carbocycles. The lowest BCUT2D eigenvalue weighted by Gasteiger charge is -2.25. The molecule has 1 nitrogen and oxygen atoms in total. The molecule has 14 heavy (non-hydrogen) atoms. The highest BCUT2D eigenvalue weighted by atomic mass is 15.1. The van der Waals surface area contributed by atoms with E-state index in [0.717, 1.165) is 5.92 Å². The summed E-state index contributed by atoms with van der Waals surface area (Å²) in [5.41, 5.74) is 0.489.